The molecule has 4 rings (SSSR count). The van der Waals surface area contributed by atoms with Gasteiger partial charge in [0, 0.05) is 18.2 Å². The van der Waals surface area contributed by atoms with Crippen molar-refractivity contribution in [3.63, 3.8) is 0 Å². The number of hydrogen-bond donors (Lipinski definition) is 1. The number of halogens is 1. The molecule has 0 saturated heterocycles. The van der Waals surface area contributed by atoms with Gasteiger partial charge in [0.15, 0.2) is 4.96 Å². The Hall–Kier alpha value is -3.06. The number of benzene rings is 2. The van der Waals surface area contributed by atoms with E-state index in [-0.39, 0.29) is 22.8 Å². The van der Waals surface area contributed by atoms with Crippen molar-refractivity contribution in [1.82, 2.24) is 14.7 Å². The zero-order valence-electron chi connectivity index (χ0n) is 14.7. The minimum atomic E-state index is -0.428. The number of fused-ring (bicyclic) bond motifs is 3. The Kier molecular flexibility index (Phi) is 4.24. The van der Waals surface area contributed by atoms with E-state index in [0.29, 0.717) is 10.5 Å². The summed E-state index contributed by atoms with van der Waals surface area (Å²) in [7, 11) is 0. The molecule has 136 valence electrons. The Bertz CT molecular complexity index is 1260. The summed E-state index contributed by atoms with van der Waals surface area (Å²) in [6.45, 7) is 4.01. The van der Waals surface area contributed by atoms with Crippen LogP contribution in [0, 0.1) is 19.7 Å². The minimum Gasteiger partial charge on any atom is -0.347 e. The van der Waals surface area contributed by atoms with Gasteiger partial charge in [0.1, 0.15) is 10.7 Å². The number of aromatic nitrogens is 2. The molecule has 2 aromatic carbocycles. The van der Waals surface area contributed by atoms with Gasteiger partial charge in [0.05, 0.1) is 11.0 Å². The Morgan fingerprint density at radius 3 is 2.70 bits per heavy atom. The van der Waals surface area contributed by atoms with Crippen LogP contribution in [0.15, 0.2) is 47.3 Å². The third kappa shape index (κ3) is 3.10. The van der Waals surface area contributed by atoms with Gasteiger partial charge in [-0.3, -0.25) is 14.0 Å². The molecule has 0 radical (unpaired) electrons. The lowest BCUT2D eigenvalue weighted by atomic mass is 10.1. The van der Waals surface area contributed by atoms with Crippen LogP contribution >= 0.6 is 11.3 Å². The van der Waals surface area contributed by atoms with Gasteiger partial charge in [-0.05, 0) is 43.2 Å². The van der Waals surface area contributed by atoms with E-state index in [2.05, 4.69) is 10.3 Å². The lowest BCUT2D eigenvalue weighted by Crippen LogP contribution is -2.24. The van der Waals surface area contributed by atoms with Crippen molar-refractivity contribution in [3.8, 4) is 0 Å². The van der Waals surface area contributed by atoms with E-state index in [1.54, 1.807) is 18.2 Å². The molecule has 2 heterocycles. The zero-order chi connectivity index (χ0) is 19.1. The summed E-state index contributed by atoms with van der Waals surface area (Å²) in [6.07, 6.45) is 0. The molecule has 0 atom stereocenters. The number of hydrogen-bond acceptors (Lipinski definition) is 4. The molecule has 0 bridgehead atoms. The first-order valence-corrected chi connectivity index (χ1v) is 9.21. The number of nitrogens with one attached hydrogen (secondary N) is 1. The summed E-state index contributed by atoms with van der Waals surface area (Å²) in [5.74, 6) is -0.811. The van der Waals surface area contributed by atoms with Gasteiger partial charge in [-0.1, -0.05) is 29.5 Å². The van der Waals surface area contributed by atoms with Crippen LogP contribution in [0.2, 0.25) is 0 Å². The normalized spacial score (nSPS) is 11.2. The van der Waals surface area contributed by atoms with E-state index in [0.717, 1.165) is 33.5 Å². The SMILES string of the molecule is Cc1cc2nc3sc(C(=O)NCc4ccccc4F)cc(=O)n3c2cc1C. The average Bonchev–Trinajstić information content (AvgIpc) is 2.98. The van der Waals surface area contributed by atoms with Gasteiger partial charge in [-0.15, -0.1) is 0 Å². The molecule has 2 aromatic heterocycles. The summed E-state index contributed by atoms with van der Waals surface area (Å²) in [6, 6.07) is 11.4. The largest absolute Gasteiger partial charge is 0.347 e. The maximum absolute atomic E-state index is 13.7. The third-order valence-electron chi connectivity index (χ3n) is 4.54. The molecule has 1 N–H and O–H groups in total. The van der Waals surface area contributed by atoms with E-state index in [9.17, 15) is 14.0 Å². The lowest BCUT2D eigenvalue weighted by Gasteiger charge is -2.06. The Balaban J connectivity index is 1.70. The lowest BCUT2D eigenvalue weighted by molar-refractivity contribution is 0.0954. The molecule has 0 aliphatic heterocycles. The Labute approximate surface area is 158 Å². The molecule has 0 spiro atoms. The Morgan fingerprint density at radius 1 is 1.19 bits per heavy atom. The molecule has 0 fully saturated rings. The predicted octanol–water partition coefficient (Wildman–Crippen LogP) is 3.60. The van der Waals surface area contributed by atoms with Crippen molar-refractivity contribution >= 4 is 33.2 Å². The summed E-state index contributed by atoms with van der Waals surface area (Å²) in [5, 5.41) is 2.66. The molecule has 0 aliphatic carbocycles. The molecule has 0 aliphatic rings. The van der Waals surface area contributed by atoms with Crippen LogP contribution in [0.1, 0.15) is 26.4 Å². The van der Waals surface area contributed by atoms with Crippen LogP contribution in [0.3, 0.4) is 0 Å². The fourth-order valence-corrected chi connectivity index (χ4v) is 3.86. The van der Waals surface area contributed by atoms with Crippen LogP contribution < -0.4 is 10.9 Å². The first-order valence-electron chi connectivity index (χ1n) is 8.39. The highest BCUT2D eigenvalue weighted by atomic mass is 32.1. The van der Waals surface area contributed by atoms with Crippen LogP contribution in [0.5, 0.6) is 0 Å². The van der Waals surface area contributed by atoms with Crippen LogP contribution in [0.4, 0.5) is 4.39 Å². The predicted molar refractivity (Wildman–Crippen MR) is 104 cm³/mol. The van der Waals surface area contributed by atoms with E-state index in [1.807, 2.05) is 26.0 Å². The topological polar surface area (TPSA) is 63.5 Å². The monoisotopic (exact) mass is 381 g/mol. The second-order valence-electron chi connectivity index (χ2n) is 6.38. The van der Waals surface area contributed by atoms with Gasteiger partial charge in [0.2, 0.25) is 0 Å². The van der Waals surface area contributed by atoms with Crippen molar-refractivity contribution < 1.29 is 9.18 Å². The fraction of sp³-hybridized carbons (Fsp3) is 0.150. The first-order chi connectivity index (χ1) is 12.9. The number of amides is 1. The highest BCUT2D eigenvalue weighted by Crippen LogP contribution is 2.22. The molecule has 27 heavy (non-hydrogen) atoms. The quantitative estimate of drug-likeness (QED) is 0.590. The van der Waals surface area contributed by atoms with Crippen molar-refractivity contribution in [2.45, 2.75) is 20.4 Å². The van der Waals surface area contributed by atoms with Crippen LogP contribution in [-0.4, -0.2) is 15.3 Å². The third-order valence-corrected chi connectivity index (χ3v) is 5.52. The minimum absolute atomic E-state index is 0.0480. The van der Waals surface area contributed by atoms with Crippen molar-refractivity contribution in [2.24, 2.45) is 0 Å². The molecule has 0 saturated carbocycles. The number of nitrogens with zero attached hydrogens (tertiary/aromatic N) is 2. The molecular formula is C20H16FN3O2S. The number of carbonyl (C=O) groups is 1. The van der Waals surface area contributed by atoms with E-state index in [4.69, 9.17) is 0 Å². The standard InChI is InChI=1S/C20H16FN3O2S/c1-11-7-15-16(8-12(11)2)24-18(25)9-17(27-20(24)23-15)19(26)22-10-13-5-3-4-6-14(13)21/h3-9H,10H2,1-2H3,(H,22,26). The van der Waals surface area contributed by atoms with Gasteiger partial charge < -0.3 is 5.32 Å². The molecule has 7 heteroatoms. The summed E-state index contributed by atoms with van der Waals surface area (Å²) < 4.78 is 15.2. The highest BCUT2D eigenvalue weighted by molar-refractivity contribution is 7.18. The highest BCUT2D eigenvalue weighted by Gasteiger charge is 2.15. The average molecular weight is 381 g/mol. The molecule has 1 amide bonds. The zero-order valence-corrected chi connectivity index (χ0v) is 15.6. The molecule has 0 unspecified atom stereocenters. The fourth-order valence-electron chi connectivity index (χ4n) is 2.91. The van der Waals surface area contributed by atoms with Gasteiger partial charge in [0.25, 0.3) is 11.5 Å². The summed E-state index contributed by atoms with van der Waals surface area (Å²) in [4.78, 5) is 30.2. The number of rotatable bonds is 3. The van der Waals surface area contributed by atoms with Crippen molar-refractivity contribution in [3.05, 3.63) is 80.2 Å². The summed E-state index contributed by atoms with van der Waals surface area (Å²) in [5.41, 5.74) is 3.68. The second kappa shape index (κ2) is 6.59. The number of aryl methyl sites for hydroxylation is 2. The first kappa shape index (κ1) is 17.4. The molecule has 5 nitrogen and oxygen atoms in total. The number of imidazole rings is 1. The maximum Gasteiger partial charge on any atom is 0.261 e. The van der Waals surface area contributed by atoms with Gasteiger partial charge in [-0.2, -0.15) is 0 Å². The number of carbonyl (C=O) groups excluding carboxylic acids is 1. The Morgan fingerprint density at radius 2 is 1.93 bits per heavy atom. The smallest absolute Gasteiger partial charge is 0.261 e. The van der Waals surface area contributed by atoms with Crippen molar-refractivity contribution in [1.29, 1.82) is 0 Å². The second-order valence-corrected chi connectivity index (χ2v) is 7.39. The molecule has 4 aromatic rings. The van der Waals surface area contributed by atoms with E-state index < -0.39 is 5.91 Å². The van der Waals surface area contributed by atoms with Crippen LogP contribution in [-0.2, 0) is 6.54 Å². The van der Waals surface area contributed by atoms with E-state index in [1.165, 1.54) is 16.5 Å². The van der Waals surface area contributed by atoms with Crippen molar-refractivity contribution in [2.75, 3.05) is 0 Å². The van der Waals surface area contributed by atoms with Gasteiger partial charge >= 0.3 is 0 Å². The molecular weight excluding hydrogens is 365 g/mol. The van der Waals surface area contributed by atoms with Gasteiger partial charge in [-0.25, -0.2) is 9.37 Å². The van der Waals surface area contributed by atoms with E-state index >= 15 is 0 Å². The van der Waals surface area contributed by atoms with Crippen LogP contribution in [0.25, 0.3) is 16.0 Å². The maximum atomic E-state index is 13.7. The summed E-state index contributed by atoms with van der Waals surface area (Å²) >= 11 is 1.13.